The van der Waals surface area contributed by atoms with Gasteiger partial charge in [0.2, 0.25) is 0 Å². The first-order valence-electron chi connectivity index (χ1n) is 9.62. The lowest BCUT2D eigenvalue weighted by atomic mass is 9.98. The molecule has 0 aliphatic carbocycles. The normalized spacial score (nSPS) is 17.0. The summed E-state index contributed by atoms with van der Waals surface area (Å²) < 4.78 is 7.06. The maximum atomic E-state index is 12.1. The third-order valence-corrected chi connectivity index (χ3v) is 5.47. The second kappa shape index (κ2) is 7.98. The average Bonchev–Trinajstić information content (AvgIpc) is 3.36. The Morgan fingerprint density at radius 1 is 1.21 bits per heavy atom. The number of carbonyl (C=O) groups is 1. The van der Waals surface area contributed by atoms with Crippen molar-refractivity contribution in [3.05, 3.63) is 77.9 Å². The molecule has 3 aromatic rings. The molecule has 4 rings (SSSR count). The van der Waals surface area contributed by atoms with Gasteiger partial charge < -0.3 is 9.30 Å². The highest BCUT2D eigenvalue weighted by Crippen LogP contribution is 2.29. The van der Waals surface area contributed by atoms with E-state index in [1.54, 1.807) is 0 Å². The third kappa shape index (κ3) is 3.71. The summed E-state index contributed by atoms with van der Waals surface area (Å²) in [6.07, 6.45) is 5.02. The third-order valence-electron chi connectivity index (χ3n) is 5.47. The maximum absolute atomic E-state index is 12.1. The van der Waals surface area contributed by atoms with Crippen LogP contribution in [0.25, 0.3) is 11.1 Å². The number of imidazole rings is 1. The predicted molar refractivity (Wildman–Crippen MR) is 109 cm³/mol. The van der Waals surface area contributed by atoms with Crippen LogP contribution in [0, 0.1) is 0 Å². The Morgan fingerprint density at radius 3 is 2.86 bits per heavy atom. The van der Waals surface area contributed by atoms with Gasteiger partial charge in [-0.3, -0.25) is 4.90 Å². The molecular formula is C23H25N3O2. The molecule has 1 aliphatic rings. The van der Waals surface area contributed by atoms with E-state index in [4.69, 9.17) is 4.74 Å². The molecule has 1 saturated heterocycles. The quantitative estimate of drug-likeness (QED) is 0.635. The van der Waals surface area contributed by atoms with Crippen molar-refractivity contribution in [3.63, 3.8) is 0 Å². The van der Waals surface area contributed by atoms with Crippen molar-refractivity contribution in [2.45, 2.75) is 18.9 Å². The minimum Gasteiger partial charge on any atom is -0.465 e. The van der Waals surface area contributed by atoms with Crippen molar-refractivity contribution in [1.82, 2.24) is 14.5 Å². The number of aryl methyl sites for hydroxylation is 1. The van der Waals surface area contributed by atoms with Crippen LogP contribution in [-0.2, 0) is 18.3 Å². The van der Waals surface area contributed by atoms with E-state index in [2.05, 4.69) is 39.7 Å². The van der Waals surface area contributed by atoms with Crippen LogP contribution in [0.1, 0.15) is 34.1 Å². The molecule has 0 radical (unpaired) electrons. The van der Waals surface area contributed by atoms with Crippen LogP contribution in [0.4, 0.5) is 0 Å². The second-order valence-electron chi connectivity index (χ2n) is 7.35. The van der Waals surface area contributed by atoms with Gasteiger partial charge in [0, 0.05) is 38.4 Å². The zero-order valence-corrected chi connectivity index (χ0v) is 16.3. The number of aromatic nitrogens is 2. The second-order valence-corrected chi connectivity index (χ2v) is 7.35. The molecule has 144 valence electrons. The van der Waals surface area contributed by atoms with Crippen molar-refractivity contribution < 1.29 is 9.53 Å². The Hall–Kier alpha value is -2.92. The van der Waals surface area contributed by atoms with E-state index >= 15 is 0 Å². The number of rotatable bonds is 5. The monoisotopic (exact) mass is 375 g/mol. The first kappa shape index (κ1) is 18.4. The molecular weight excluding hydrogens is 350 g/mol. The number of benzene rings is 2. The lowest BCUT2D eigenvalue weighted by Crippen LogP contribution is -2.20. The van der Waals surface area contributed by atoms with Crippen molar-refractivity contribution in [2.75, 3.05) is 20.2 Å². The van der Waals surface area contributed by atoms with Crippen LogP contribution < -0.4 is 0 Å². The smallest absolute Gasteiger partial charge is 0.338 e. The zero-order chi connectivity index (χ0) is 19.5. The lowest BCUT2D eigenvalue weighted by Gasteiger charge is -2.17. The first-order valence-corrected chi connectivity index (χ1v) is 9.62. The van der Waals surface area contributed by atoms with Crippen molar-refractivity contribution in [2.24, 2.45) is 7.05 Å². The van der Waals surface area contributed by atoms with Crippen LogP contribution in [0.3, 0.4) is 0 Å². The molecule has 5 heteroatoms. The van der Waals surface area contributed by atoms with Gasteiger partial charge in [0.15, 0.2) is 0 Å². The van der Waals surface area contributed by atoms with Gasteiger partial charge in [-0.2, -0.15) is 0 Å². The minimum atomic E-state index is -0.307. The van der Waals surface area contributed by atoms with E-state index in [-0.39, 0.29) is 5.97 Å². The molecule has 0 spiro atoms. The number of hydrogen-bond donors (Lipinski definition) is 0. The van der Waals surface area contributed by atoms with Crippen LogP contribution >= 0.6 is 0 Å². The van der Waals surface area contributed by atoms with Crippen molar-refractivity contribution >= 4 is 5.97 Å². The molecule has 2 heterocycles. The summed E-state index contributed by atoms with van der Waals surface area (Å²) in [5, 5.41) is 0. The van der Waals surface area contributed by atoms with Gasteiger partial charge in [-0.1, -0.05) is 36.4 Å². The molecule has 1 aromatic heterocycles. The largest absolute Gasteiger partial charge is 0.465 e. The van der Waals surface area contributed by atoms with Crippen LogP contribution in [0.2, 0.25) is 0 Å². The molecule has 1 atom stereocenters. The fraction of sp³-hybridized carbons (Fsp3) is 0.304. The van der Waals surface area contributed by atoms with Crippen molar-refractivity contribution in [1.29, 1.82) is 0 Å². The number of ether oxygens (including phenoxy) is 1. The topological polar surface area (TPSA) is 47.4 Å². The summed E-state index contributed by atoms with van der Waals surface area (Å²) >= 11 is 0. The minimum absolute atomic E-state index is 0.307. The van der Waals surface area contributed by atoms with Gasteiger partial charge in [-0.25, -0.2) is 9.78 Å². The van der Waals surface area contributed by atoms with E-state index in [0.29, 0.717) is 11.5 Å². The molecule has 0 amide bonds. The standard InChI is InChI=1S/C23H25N3O2/c1-25-13-11-24-22(25)19-10-12-26(16-19)15-17-6-5-7-18(14-17)20-8-3-4-9-21(20)23(27)28-2/h3-9,11,13-14,19H,10,12,15-16H2,1-2H3. The van der Waals surface area contributed by atoms with E-state index in [0.717, 1.165) is 37.2 Å². The fourth-order valence-corrected chi connectivity index (χ4v) is 4.08. The highest BCUT2D eigenvalue weighted by atomic mass is 16.5. The van der Waals surface area contributed by atoms with Gasteiger partial charge in [-0.15, -0.1) is 0 Å². The zero-order valence-electron chi connectivity index (χ0n) is 16.3. The lowest BCUT2D eigenvalue weighted by molar-refractivity contribution is 0.0601. The number of methoxy groups -OCH3 is 1. The highest BCUT2D eigenvalue weighted by molar-refractivity contribution is 5.97. The number of esters is 1. The summed E-state index contributed by atoms with van der Waals surface area (Å²) in [5.41, 5.74) is 3.79. The van der Waals surface area contributed by atoms with Gasteiger partial charge in [-0.05, 0) is 41.8 Å². The van der Waals surface area contributed by atoms with E-state index in [1.807, 2.05) is 42.7 Å². The molecule has 2 aromatic carbocycles. The molecule has 0 saturated carbocycles. The molecule has 1 unspecified atom stereocenters. The highest BCUT2D eigenvalue weighted by Gasteiger charge is 2.26. The average molecular weight is 375 g/mol. The molecule has 1 fully saturated rings. The predicted octanol–water partition coefficient (Wildman–Crippen LogP) is 3.86. The van der Waals surface area contributed by atoms with Crippen LogP contribution in [0.5, 0.6) is 0 Å². The van der Waals surface area contributed by atoms with Gasteiger partial charge in [0.25, 0.3) is 0 Å². The SMILES string of the molecule is COC(=O)c1ccccc1-c1cccc(CN2CCC(c3nccn3C)C2)c1. The van der Waals surface area contributed by atoms with Gasteiger partial charge >= 0.3 is 5.97 Å². The maximum Gasteiger partial charge on any atom is 0.338 e. The summed E-state index contributed by atoms with van der Waals surface area (Å²) in [6, 6.07) is 16.0. The molecule has 5 nitrogen and oxygen atoms in total. The van der Waals surface area contributed by atoms with Crippen LogP contribution in [0.15, 0.2) is 60.9 Å². The van der Waals surface area contributed by atoms with Crippen LogP contribution in [-0.4, -0.2) is 40.6 Å². The molecule has 0 N–H and O–H groups in total. The summed E-state index contributed by atoms with van der Waals surface area (Å²) in [5.74, 6) is 1.35. The Labute approximate surface area is 165 Å². The molecule has 0 bridgehead atoms. The number of carbonyl (C=O) groups excluding carboxylic acids is 1. The number of likely N-dealkylation sites (tertiary alicyclic amines) is 1. The molecule has 28 heavy (non-hydrogen) atoms. The van der Waals surface area contributed by atoms with E-state index in [9.17, 15) is 4.79 Å². The first-order chi connectivity index (χ1) is 13.7. The van der Waals surface area contributed by atoms with Crippen molar-refractivity contribution in [3.8, 4) is 11.1 Å². The number of nitrogens with zero attached hydrogens (tertiary/aromatic N) is 3. The Bertz CT molecular complexity index is 979. The number of hydrogen-bond acceptors (Lipinski definition) is 4. The Morgan fingerprint density at radius 2 is 2.07 bits per heavy atom. The Balaban J connectivity index is 1.51. The Kier molecular flexibility index (Phi) is 5.26. The van der Waals surface area contributed by atoms with Gasteiger partial charge in [0.05, 0.1) is 12.7 Å². The summed E-state index contributed by atoms with van der Waals surface area (Å²) in [4.78, 5) is 19.1. The van der Waals surface area contributed by atoms with Gasteiger partial charge in [0.1, 0.15) is 5.82 Å². The fourth-order valence-electron chi connectivity index (χ4n) is 4.08. The summed E-state index contributed by atoms with van der Waals surface area (Å²) in [7, 11) is 3.48. The molecule has 1 aliphatic heterocycles. The summed E-state index contributed by atoms with van der Waals surface area (Å²) in [6.45, 7) is 2.99. The van der Waals surface area contributed by atoms with E-state index in [1.165, 1.54) is 18.5 Å². The van der Waals surface area contributed by atoms with E-state index < -0.39 is 0 Å².